The molecule has 0 bridgehead atoms. The van der Waals surface area contributed by atoms with Gasteiger partial charge in [-0.15, -0.1) is 0 Å². The summed E-state index contributed by atoms with van der Waals surface area (Å²) in [6.07, 6.45) is 2.69. The molecule has 2 amide bonds. The molecule has 0 saturated carbocycles. The zero-order valence-electron chi connectivity index (χ0n) is 21.8. The molecule has 0 unspecified atom stereocenters. The van der Waals surface area contributed by atoms with Gasteiger partial charge in [-0.3, -0.25) is 14.4 Å². The van der Waals surface area contributed by atoms with E-state index in [1.807, 2.05) is 0 Å². The van der Waals surface area contributed by atoms with Crippen LogP contribution < -0.4 is 11.1 Å². The molecule has 0 saturated heterocycles. The number of aryl methyl sites for hydroxylation is 2. The number of hydrogen-bond acceptors (Lipinski definition) is 10. The van der Waals surface area contributed by atoms with Crippen LogP contribution in [0.15, 0.2) is 36.5 Å². The Morgan fingerprint density at radius 3 is 2.36 bits per heavy atom. The van der Waals surface area contributed by atoms with Gasteiger partial charge in [0.05, 0.1) is 25.0 Å². The second-order valence-corrected chi connectivity index (χ2v) is 8.64. The first-order valence-corrected chi connectivity index (χ1v) is 12.5. The van der Waals surface area contributed by atoms with Gasteiger partial charge in [-0.25, -0.2) is 14.8 Å². The number of nitrogens with two attached hydrogens (primary N) is 1. The summed E-state index contributed by atoms with van der Waals surface area (Å²) >= 11 is 0. The van der Waals surface area contributed by atoms with E-state index in [1.54, 1.807) is 50.4 Å². The number of nitrogens with one attached hydrogen (secondary N) is 1. The van der Waals surface area contributed by atoms with Crippen LogP contribution in [-0.4, -0.2) is 63.1 Å². The molecule has 2 heterocycles. The SMILES string of the molecule is CCOC(=O)CC[C@@H](NC(=O)c1ccc(CCc2cnc3nc(CC(N)=O)nc(O)c3c2)cc1)C(=O)OCC. The topological polar surface area (TPSA) is 184 Å². The van der Waals surface area contributed by atoms with Crippen LogP contribution in [0.1, 0.15) is 54.0 Å². The fourth-order valence-electron chi connectivity index (χ4n) is 3.80. The van der Waals surface area contributed by atoms with Gasteiger partial charge in [-0.2, -0.15) is 4.98 Å². The zero-order valence-corrected chi connectivity index (χ0v) is 21.8. The van der Waals surface area contributed by atoms with Gasteiger partial charge in [0.25, 0.3) is 5.91 Å². The Bertz CT molecular complexity index is 1340. The highest BCUT2D eigenvalue weighted by atomic mass is 16.5. The average molecular weight is 538 g/mol. The van der Waals surface area contributed by atoms with Gasteiger partial charge in [0.1, 0.15) is 11.9 Å². The first-order valence-electron chi connectivity index (χ1n) is 12.5. The van der Waals surface area contributed by atoms with E-state index < -0.39 is 29.8 Å². The summed E-state index contributed by atoms with van der Waals surface area (Å²) in [4.78, 5) is 60.2. The fourth-order valence-corrected chi connectivity index (χ4v) is 3.80. The van der Waals surface area contributed by atoms with Gasteiger partial charge in [0.2, 0.25) is 11.8 Å². The minimum absolute atomic E-state index is 0.0292. The second-order valence-electron chi connectivity index (χ2n) is 8.64. The standard InChI is InChI=1S/C27H31N5O7/c1-3-38-23(34)12-11-20(27(37)39-4-2)30-25(35)18-9-7-16(8-10-18)5-6-17-13-19-24(29-15-17)31-22(14-21(28)33)32-26(19)36/h7-10,13,15,20H,3-6,11-12,14H2,1-2H3,(H2,28,33)(H,30,35)(H,29,31,32,36)/t20-/m1/s1. The Balaban J connectivity index is 1.62. The molecular formula is C27H31N5O7. The van der Waals surface area contributed by atoms with Gasteiger partial charge >= 0.3 is 11.9 Å². The molecule has 1 aromatic carbocycles. The van der Waals surface area contributed by atoms with Crippen LogP contribution in [0.4, 0.5) is 0 Å². The number of ether oxygens (including phenoxy) is 2. The van der Waals surface area contributed by atoms with Crippen LogP contribution in [0.3, 0.4) is 0 Å². The summed E-state index contributed by atoms with van der Waals surface area (Å²) < 4.78 is 9.92. The lowest BCUT2D eigenvalue weighted by Gasteiger charge is -2.17. The number of hydrogen-bond donors (Lipinski definition) is 3. The second kappa shape index (κ2) is 13.8. The van der Waals surface area contributed by atoms with Crippen LogP contribution in [-0.2, 0) is 43.1 Å². The lowest BCUT2D eigenvalue weighted by molar-refractivity contribution is -0.146. The van der Waals surface area contributed by atoms with Gasteiger partial charge in [0.15, 0.2) is 5.65 Å². The van der Waals surface area contributed by atoms with E-state index in [4.69, 9.17) is 15.2 Å². The third-order valence-electron chi connectivity index (χ3n) is 5.70. The summed E-state index contributed by atoms with van der Waals surface area (Å²) in [6, 6.07) is 7.66. The third-order valence-corrected chi connectivity index (χ3v) is 5.70. The summed E-state index contributed by atoms with van der Waals surface area (Å²) in [5.41, 5.74) is 7.57. The Kier molecular flexibility index (Phi) is 10.2. The predicted molar refractivity (Wildman–Crippen MR) is 140 cm³/mol. The molecule has 3 rings (SSSR count). The predicted octanol–water partition coefficient (Wildman–Crippen LogP) is 1.55. The van der Waals surface area contributed by atoms with E-state index in [-0.39, 0.29) is 49.8 Å². The molecule has 0 fully saturated rings. The maximum Gasteiger partial charge on any atom is 0.328 e. The fraction of sp³-hybridized carbons (Fsp3) is 0.370. The number of rotatable bonds is 13. The molecule has 0 spiro atoms. The molecule has 12 heteroatoms. The monoisotopic (exact) mass is 537 g/mol. The molecule has 0 aliphatic rings. The maximum atomic E-state index is 12.8. The van der Waals surface area contributed by atoms with E-state index in [9.17, 15) is 24.3 Å². The van der Waals surface area contributed by atoms with Gasteiger partial charge < -0.3 is 25.6 Å². The number of esters is 2. The van der Waals surface area contributed by atoms with E-state index in [2.05, 4.69) is 20.3 Å². The number of primary amides is 1. The van der Waals surface area contributed by atoms with Crippen molar-refractivity contribution in [2.24, 2.45) is 5.73 Å². The van der Waals surface area contributed by atoms with Crippen LogP contribution in [0.2, 0.25) is 0 Å². The number of fused-ring (bicyclic) bond motifs is 1. The lowest BCUT2D eigenvalue weighted by atomic mass is 10.0. The lowest BCUT2D eigenvalue weighted by Crippen LogP contribution is -2.42. The number of aromatic hydroxyl groups is 1. The van der Waals surface area contributed by atoms with Crippen LogP contribution >= 0.6 is 0 Å². The number of benzene rings is 1. The molecule has 0 aliphatic carbocycles. The summed E-state index contributed by atoms with van der Waals surface area (Å²) in [5.74, 6) is -2.32. The van der Waals surface area contributed by atoms with E-state index in [0.29, 0.717) is 23.8 Å². The van der Waals surface area contributed by atoms with E-state index in [1.165, 1.54) is 0 Å². The maximum absolute atomic E-state index is 12.8. The molecule has 39 heavy (non-hydrogen) atoms. The summed E-state index contributed by atoms with van der Waals surface area (Å²) in [6.45, 7) is 3.73. The number of amides is 2. The Morgan fingerprint density at radius 2 is 1.69 bits per heavy atom. The molecule has 1 atom stereocenters. The van der Waals surface area contributed by atoms with E-state index >= 15 is 0 Å². The molecule has 12 nitrogen and oxygen atoms in total. The first kappa shape index (κ1) is 29.0. The van der Waals surface area contributed by atoms with Crippen molar-refractivity contribution in [3.8, 4) is 5.88 Å². The minimum atomic E-state index is -0.978. The molecule has 2 aromatic heterocycles. The largest absolute Gasteiger partial charge is 0.493 e. The average Bonchev–Trinajstić information content (AvgIpc) is 2.90. The highest BCUT2D eigenvalue weighted by molar-refractivity contribution is 5.97. The van der Waals surface area contributed by atoms with Crippen molar-refractivity contribution >= 4 is 34.8 Å². The molecule has 4 N–H and O–H groups in total. The Hall–Kier alpha value is -4.61. The van der Waals surface area contributed by atoms with Crippen molar-refractivity contribution in [2.45, 2.75) is 52.0 Å². The number of aromatic nitrogens is 3. The summed E-state index contributed by atoms with van der Waals surface area (Å²) in [5, 5.41) is 13.2. The highest BCUT2D eigenvalue weighted by Gasteiger charge is 2.24. The highest BCUT2D eigenvalue weighted by Crippen LogP contribution is 2.22. The van der Waals surface area contributed by atoms with Crippen LogP contribution in [0.25, 0.3) is 11.0 Å². The minimum Gasteiger partial charge on any atom is -0.493 e. The quantitative estimate of drug-likeness (QED) is 0.270. The van der Waals surface area contributed by atoms with Crippen molar-refractivity contribution in [3.05, 3.63) is 59.0 Å². The number of carbonyl (C=O) groups excluding carboxylic acids is 4. The van der Waals surface area contributed by atoms with Crippen molar-refractivity contribution in [1.82, 2.24) is 20.3 Å². The normalized spacial score (nSPS) is 11.5. The number of carbonyl (C=O) groups is 4. The van der Waals surface area contributed by atoms with Crippen molar-refractivity contribution in [2.75, 3.05) is 13.2 Å². The molecule has 206 valence electrons. The first-order chi connectivity index (χ1) is 18.7. The number of nitrogens with zero attached hydrogens (tertiary/aromatic N) is 3. The molecule has 3 aromatic rings. The molecule has 0 radical (unpaired) electrons. The van der Waals surface area contributed by atoms with Crippen LogP contribution in [0, 0.1) is 0 Å². The Labute approximate surface area is 224 Å². The van der Waals surface area contributed by atoms with Gasteiger partial charge in [-0.1, -0.05) is 12.1 Å². The molecule has 0 aliphatic heterocycles. The number of pyridine rings is 1. The third kappa shape index (κ3) is 8.45. The Morgan fingerprint density at radius 1 is 1.00 bits per heavy atom. The molecular weight excluding hydrogens is 506 g/mol. The van der Waals surface area contributed by atoms with Gasteiger partial charge in [0, 0.05) is 18.2 Å². The van der Waals surface area contributed by atoms with Crippen molar-refractivity contribution < 1.29 is 33.8 Å². The summed E-state index contributed by atoms with van der Waals surface area (Å²) in [7, 11) is 0. The van der Waals surface area contributed by atoms with Crippen LogP contribution in [0.5, 0.6) is 5.88 Å². The van der Waals surface area contributed by atoms with Crippen molar-refractivity contribution in [3.63, 3.8) is 0 Å². The smallest absolute Gasteiger partial charge is 0.328 e. The van der Waals surface area contributed by atoms with Gasteiger partial charge in [-0.05, 0) is 62.4 Å². The van der Waals surface area contributed by atoms with Crippen molar-refractivity contribution in [1.29, 1.82) is 0 Å². The zero-order chi connectivity index (χ0) is 28.4. The van der Waals surface area contributed by atoms with E-state index in [0.717, 1.165) is 11.1 Å².